The zero-order chi connectivity index (χ0) is 20.3. The van der Waals surface area contributed by atoms with Gasteiger partial charge in [-0.25, -0.2) is 0 Å². The van der Waals surface area contributed by atoms with E-state index in [1.165, 1.54) is 43.0 Å². The fourth-order valence-electron chi connectivity index (χ4n) is 4.12. The van der Waals surface area contributed by atoms with Gasteiger partial charge in [0.05, 0.1) is 0 Å². The third kappa shape index (κ3) is 12.7. The molecule has 0 aromatic rings. The summed E-state index contributed by atoms with van der Waals surface area (Å²) in [5, 5.41) is 0. The topological polar surface area (TPSA) is 27.7 Å². The predicted octanol–water partition coefficient (Wildman–Crippen LogP) is 7.69. The molecule has 1 saturated heterocycles. The Bertz CT molecular complexity index is 343. The quantitative estimate of drug-likeness (QED) is 0.116. The fourth-order valence-corrected chi connectivity index (χ4v) is 19.2. The molecule has 0 N–H and O–H groups in total. The van der Waals surface area contributed by atoms with Crippen LogP contribution < -0.4 is 0 Å². The van der Waals surface area contributed by atoms with Gasteiger partial charge in [-0.2, -0.15) is 0 Å². The van der Waals surface area contributed by atoms with Gasteiger partial charge in [-0.3, -0.25) is 0 Å². The maximum atomic E-state index is 5.83. The summed E-state index contributed by atoms with van der Waals surface area (Å²) >= 11 is -2.01. The molecule has 0 amide bonds. The van der Waals surface area contributed by atoms with Gasteiger partial charge in [0, 0.05) is 0 Å². The fraction of sp³-hybridized carbons (Fsp3) is 0.917. The Morgan fingerprint density at radius 3 is 1.93 bits per heavy atom. The maximum absolute atomic E-state index is 5.83. The van der Waals surface area contributed by atoms with Crippen molar-refractivity contribution in [2.24, 2.45) is 0 Å². The first kappa shape index (κ1) is 26.3. The molecule has 0 radical (unpaired) electrons. The van der Waals surface area contributed by atoms with Gasteiger partial charge in [0.15, 0.2) is 0 Å². The third-order valence-corrected chi connectivity index (χ3v) is 21.3. The number of rotatable bonds is 17. The first-order valence-electron chi connectivity index (χ1n) is 12.3. The van der Waals surface area contributed by atoms with E-state index in [-0.39, 0.29) is 6.29 Å². The Morgan fingerprint density at radius 1 is 0.821 bits per heavy atom. The Hall–Kier alpha value is 0.259. The van der Waals surface area contributed by atoms with Crippen molar-refractivity contribution >= 4 is 18.4 Å². The van der Waals surface area contributed by atoms with E-state index in [0.717, 1.165) is 51.9 Å². The van der Waals surface area contributed by atoms with Crippen molar-refractivity contribution in [3.8, 4) is 0 Å². The van der Waals surface area contributed by atoms with Gasteiger partial charge in [-0.1, -0.05) is 0 Å². The molecule has 1 aliphatic heterocycles. The average Bonchev–Trinajstić information content (AvgIpc) is 2.99. The summed E-state index contributed by atoms with van der Waals surface area (Å²) in [6.07, 6.45) is 18.3. The van der Waals surface area contributed by atoms with Crippen molar-refractivity contribution in [2.45, 2.75) is 115 Å². The Labute approximate surface area is 179 Å². The van der Waals surface area contributed by atoms with Crippen molar-refractivity contribution in [2.75, 3.05) is 19.8 Å². The first-order chi connectivity index (χ1) is 13.8. The van der Waals surface area contributed by atoms with Gasteiger partial charge < -0.3 is 0 Å². The zero-order valence-corrected chi connectivity index (χ0v) is 22.0. The summed E-state index contributed by atoms with van der Waals surface area (Å²) < 4.78 is 23.4. The van der Waals surface area contributed by atoms with Crippen LogP contribution in [0.4, 0.5) is 0 Å². The summed E-state index contributed by atoms with van der Waals surface area (Å²) in [6.45, 7) is 9.57. The Balaban J connectivity index is 2.27. The number of allylic oxidation sites excluding steroid dienone is 1. The number of ether oxygens (including phenoxy) is 3. The zero-order valence-electron chi connectivity index (χ0n) is 19.2. The number of hydrogen-bond donors (Lipinski definition) is 0. The third-order valence-electron chi connectivity index (χ3n) is 6.02. The molecule has 0 atom stereocenters. The molecule has 1 heterocycles. The van der Waals surface area contributed by atoms with Crippen molar-refractivity contribution in [1.29, 1.82) is 0 Å². The summed E-state index contributed by atoms with van der Waals surface area (Å²) in [5.74, 6) is 0. The molecular formula is C24H48O3Sn. The summed E-state index contributed by atoms with van der Waals surface area (Å²) in [6, 6.07) is 0. The van der Waals surface area contributed by atoms with E-state index < -0.39 is 18.4 Å². The minimum absolute atomic E-state index is 0.0171. The first-order valence-corrected chi connectivity index (χ1v) is 20.3. The van der Waals surface area contributed by atoms with E-state index in [2.05, 4.69) is 26.8 Å². The second kappa shape index (κ2) is 18.1. The summed E-state index contributed by atoms with van der Waals surface area (Å²) in [5.41, 5.74) is 0. The molecule has 0 bridgehead atoms. The van der Waals surface area contributed by atoms with Crippen LogP contribution in [0, 0.1) is 0 Å². The molecule has 28 heavy (non-hydrogen) atoms. The van der Waals surface area contributed by atoms with Gasteiger partial charge in [-0.15, -0.1) is 0 Å². The average molecular weight is 503 g/mol. The van der Waals surface area contributed by atoms with Gasteiger partial charge in [0.2, 0.25) is 0 Å². The monoisotopic (exact) mass is 504 g/mol. The minimum atomic E-state index is -2.01. The van der Waals surface area contributed by atoms with E-state index in [0.29, 0.717) is 0 Å². The summed E-state index contributed by atoms with van der Waals surface area (Å²) in [4.78, 5) is 0. The molecule has 1 fully saturated rings. The normalized spacial score (nSPS) is 16.5. The predicted molar refractivity (Wildman–Crippen MR) is 124 cm³/mol. The van der Waals surface area contributed by atoms with Crippen LogP contribution in [0.15, 0.2) is 12.3 Å². The van der Waals surface area contributed by atoms with E-state index in [4.69, 9.17) is 14.2 Å². The SMILES string of the molecule is CCC[CH2][Sn]([CH2]/C=C/OCCCCC1OCCCCO1)([CH2]CCC)[CH2]CCC. The molecule has 166 valence electrons. The molecule has 4 heteroatoms. The second-order valence-electron chi connectivity index (χ2n) is 8.63. The van der Waals surface area contributed by atoms with E-state index >= 15 is 0 Å². The van der Waals surface area contributed by atoms with Crippen LogP contribution in [0.1, 0.15) is 91.4 Å². The Morgan fingerprint density at radius 2 is 1.39 bits per heavy atom. The van der Waals surface area contributed by atoms with Gasteiger partial charge in [0.1, 0.15) is 0 Å². The molecule has 0 aromatic carbocycles. The standard InChI is InChI=1S/C12H21O3.3C4H9.Sn/c1-2-8-13-9-4-3-7-12-14-10-5-6-11-15-12;3*1-3-4-2;/h2,8,12H,1,3-7,9-11H2;3*1,3-4H2,2H3;/b8-2+;;;;. The molecule has 0 spiro atoms. The molecular weight excluding hydrogens is 455 g/mol. The van der Waals surface area contributed by atoms with Crippen molar-refractivity contribution in [3.05, 3.63) is 12.3 Å². The Kier molecular flexibility index (Phi) is 17.0. The molecule has 1 aliphatic rings. The molecule has 1 rings (SSSR count). The van der Waals surface area contributed by atoms with E-state index in [1.807, 2.05) is 6.26 Å². The van der Waals surface area contributed by atoms with Crippen molar-refractivity contribution in [3.63, 3.8) is 0 Å². The van der Waals surface area contributed by atoms with Crippen LogP contribution in [0.2, 0.25) is 17.7 Å². The second-order valence-corrected chi connectivity index (χ2v) is 22.6. The van der Waals surface area contributed by atoms with Crippen molar-refractivity contribution in [1.82, 2.24) is 0 Å². The van der Waals surface area contributed by atoms with E-state index in [9.17, 15) is 0 Å². The molecule has 0 saturated carbocycles. The van der Waals surface area contributed by atoms with Gasteiger partial charge in [-0.05, 0) is 0 Å². The van der Waals surface area contributed by atoms with Crippen LogP contribution in [-0.2, 0) is 14.2 Å². The number of unbranched alkanes of at least 4 members (excludes halogenated alkanes) is 4. The van der Waals surface area contributed by atoms with Crippen LogP contribution in [0.5, 0.6) is 0 Å². The van der Waals surface area contributed by atoms with Crippen molar-refractivity contribution < 1.29 is 14.2 Å². The molecule has 0 aromatic heterocycles. The molecule has 3 nitrogen and oxygen atoms in total. The van der Waals surface area contributed by atoms with Crippen LogP contribution in [0.3, 0.4) is 0 Å². The molecule has 0 unspecified atom stereocenters. The van der Waals surface area contributed by atoms with Gasteiger partial charge >= 0.3 is 180 Å². The molecule has 0 aliphatic carbocycles. The van der Waals surface area contributed by atoms with Crippen LogP contribution >= 0.6 is 0 Å². The number of hydrogen-bond acceptors (Lipinski definition) is 3. The summed E-state index contributed by atoms with van der Waals surface area (Å²) in [7, 11) is 0. The van der Waals surface area contributed by atoms with Crippen LogP contribution in [-0.4, -0.2) is 44.5 Å². The van der Waals surface area contributed by atoms with Gasteiger partial charge in [0.25, 0.3) is 0 Å². The van der Waals surface area contributed by atoms with Crippen LogP contribution in [0.25, 0.3) is 0 Å². The van der Waals surface area contributed by atoms with E-state index in [1.54, 1.807) is 13.3 Å².